The highest BCUT2D eigenvalue weighted by Crippen LogP contribution is 2.29. The lowest BCUT2D eigenvalue weighted by atomic mass is 10.1. The fourth-order valence-corrected chi connectivity index (χ4v) is 3.84. The van der Waals surface area contributed by atoms with Crippen LogP contribution in [0.15, 0.2) is 36.4 Å². The van der Waals surface area contributed by atoms with Crippen LogP contribution in [0.25, 0.3) is 0 Å². The van der Waals surface area contributed by atoms with Crippen LogP contribution < -0.4 is 18.9 Å². The highest BCUT2D eigenvalue weighted by Gasteiger charge is 2.17. The van der Waals surface area contributed by atoms with Gasteiger partial charge in [0, 0.05) is 45.3 Å². The van der Waals surface area contributed by atoms with Gasteiger partial charge in [-0.3, -0.25) is 4.90 Å². The molecule has 0 N–H and O–H groups in total. The molecule has 0 unspecified atom stereocenters. The Labute approximate surface area is 184 Å². The van der Waals surface area contributed by atoms with E-state index in [1.165, 1.54) is 5.56 Å². The molecule has 0 aliphatic carbocycles. The van der Waals surface area contributed by atoms with Crippen LogP contribution in [0.1, 0.15) is 5.56 Å². The Hall–Kier alpha value is -2.15. The molecule has 1 aliphatic heterocycles. The molecular formula is C23H31ClN2O4. The van der Waals surface area contributed by atoms with E-state index in [1.54, 1.807) is 27.4 Å². The van der Waals surface area contributed by atoms with Crippen molar-refractivity contribution in [3.05, 3.63) is 47.0 Å². The average molecular weight is 435 g/mol. The first kappa shape index (κ1) is 22.5. The van der Waals surface area contributed by atoms with Gasteiger partial charge in [-0.2, -0.15) is 0 Å². The van der Waals surface area contributed by atoms with Crippen LogP contribution in [-0.4, -0.2) is 77.0 Å². The van der Waals surface area contributed by atoms with Gasteiger partial charge in [0.1, 0.15) is 18.1 Å². The number of halogens is 1. The molecule has 0 atom stereocenters. The van der Waals surface area contributed by atoms with Gasteiger partial charge in [-0.05, 0) is 36.2 Å². The van der Waals surface area contributed by atoms with Crippen molar-refractivity contribution in [1.29, 1.82) is 0 Å². The number of nitrogens with zero attached hydrogens (tertiary/aromatic N) is 2. The molecule has 164 valence electrons. The van der Waals surface area contributed by atoms with Crippen molar-refractivity contribution in [3.63, 3.8) is 0 Å². The van der Waals surface area contributed by atoms with E-state index in [0.717, 1.165) is 62.9 Å². The molecule has 0 saturated carbocycles. The maximum absolute atomic E-state index is 6.15. The molecule has 2 aromatic rings. The highest BCUT2D eigenvalue weighted by atomic mass is 35.5. The van der Waals surface area contributed by atoms with Crippen molar-refractivity contribution in [2.75, 3.05) is 67.2 Å². The predicted octanol–water partition coefficient (Wildman–Crippen LogP) is 3.60. The minimum atomic E-state index is 0.568. The van der Waals surface area contributed by atoms with Gasteiger partial charge < -0.3 is 23.8 Å². The normalized spacial score (nSPS) is 15.1. The third-order valence-electron chi connectivity index (χ3n) is 5.43. The summed E-state index contributed by atoms with van der Waals surface area (Å²) in [6.07, 6.45) is 1.00. The lowest BCUT2D eigenvalue weighted by Crippen LogP contribution is -2.47. The van der Waals surface area contributed by atoms with Crippen LogP contribution in [-0.2, 0) is 6.42 Å². The van der Waals surface area contributed by atoms with Crippen molar-refractivity contribution in [2.45, 2.75) is 6.42 Å². The Kier molecular flexibility index (Phi) is 8.49. The molecule has 0 aromatic heterocycles. The molecule has 7 heteroatoms. The molecular weight excluding hydrogens is 404 g/mol. The van der Waals surface area contributed by atoms with Gasteiger partial charge in [0.25, 0.3) is 0 Å². The minimum Gasteiger partial charge on any atom is -0.495 e. The fourth-order valence-electron chi connectivity index (χ4n) is 3.59. The van der Waals surface area contributed by atoms with Gasteiger partial charge in [0.15, 0.2) is 11.5 Å². The summed E-state index contributed by atoms with van der Waals surface area (Å²) < 4.78 is 21.7. The first-order chi connectivity index (χ1) is 14.6. The second-order valence-corrected chi connectivity index (χ2v) is 7.67. The number of ether oxygens (including phenoxy) is 4. The summed E-state index contributed by atoms with van der Waals surface area (Å²) in [5, 5.41) is 0.568. The number of hydrogen-bond donors (Lipinski definition) is 0. The van der Waals surface area contributed by atoms with Crippen molar-refractivity contribution in [2.24, 2.45) is 0 Å². The molecule has 2 aromatic carbocycles. The first-order valence-electron chi connectivity index (χ1n) is 10.2. The Bertz CT molecular complexity index is 810. The second-order valence-electron chi connectivity index (χ2n) is 7.27. The van der Waals surface area contributed by atoms with E-state index >= 15 is 0 Å². The largest absolute Gasteiger partial charge is 0.495 e. The number of benzene rings is 2. The van der Waals surface area contributed by atoms with Crippen molar-refractivity contribution in [3.8, 4) is 23.0 Å². The topological polar surface area (TPSA) is 43.4 Å². The van der Waals surface area contributed by atoms with Crippen molar-refractivity contribution in [1.82, 2.24) is 9.80 Å². The quantitative estimate of drug-likeness (QED) is 0.569. The van der Waals surface area contributed by atoms with Crippen LogP contribution >= 0.6 is 11.6 Å². The Morgan fingerprint density at radius 1 is 0.767 bits per heavy atom. The number of piperazine rings is 1. The van der Waals surface area contributed by atoms with Gasteiger partial charge in [-0.15, -0.1) is 0 Å². The van der Waals surface area contributed by atoms with E-state index in [2.05, 4.69) is 21.9 Å². The molecule has 0 amide bonds. The number of rotatable bonds is 10. The van der Waals surface area contributed by atoms with Crippen LogP contribution in [0.4, 0.5) is 0 Å². The zero-order chi connectivity index (χ0) is 21.3. The summed E-state index contributed by atoms with van der Waals surface area (Å²) in [6, 6.07) is 11.7. The van der Waals surface area contributed by atoms with Crippen LogP contribution in [0.5, 0.6) is 23.0 Å². The van der Waals surface area contributed by atoms with Gasteiger partial charge in [-0.1, -0.05) is 17.7 Å². The maximum Gasteiger partial charge on any atom is 0.160 e. The number of hydrogen-bond acceptors (Lipinski definition) is 6. The molecule has 1 saturated heterocycles. The lowest BCUT2D eigenvalue weighted by molar-refractivity contribution is 0.118. The monoisotopic (exact) mass is 434 g/mol. The van der Waals surface area contributed by atoms with Gasteiger partial charge >= 0.3 is 0 Å². The van der Waals surface area contributed by atoms with Crippen molar-refractivity contribution >= 4 is 11.6 Å². The highest BCUT2D eigenvalue weighted by molar-refractivity contribution is 6.32. The molecule has 0 spiro atoms. The SMILES string of the molecule is COc1ccc(OCCN2CCN(CCc3ccc(OC)c(OC)c3)CC2)cc1Cl. The number of methoxy groups -OCH3 is 3. The summed E-state index contributed by atoms with van der Waals surface area (Å²) >= 11 is 6.15. The maximum atomic E-state index is 6.15. The molecule has 1 heterocycles. The first-order valence-corrected chi connectivity index (χ1v) is 10.6. The van der Waals surface area contributed by atoms with Gasteiger partial charge in [-0.25, -0.2) is 0 Å². The van der Waals surface area contributed by atoms with E-state index in [9.17, 15) is 0 Å². The second kappa shape index (κ2) is 11.3. The average Bonchev–Trinajstić information content (AvgIpc) is 2.78. The lowest BCUT2D eigenvalue weighted by Gasteiger charge is -2.34. The standard InChI is InChI=1S/C23H31ClN2O4/c1-27-21-7-5-19(17-20(21)24)30-15-14-26-12-10-25(11-13-26)9-8-18-4-6-22(28-2)23(16-18)29-3/h4-7,16-17H,8-15H2,1-3H3. The molecule has 6 nitrogen and oxygen atoms in total. The zero-order valence-corrected chi connectivity index (χ0v) is 18.8. The Morgan fingerprint density at radius 3 is 2.03 bits per heavy atom. The fraction of sp³-hybridized carbons (Fsp3) is 0.478. The van der Waals surface area contributed by atoms with E-state index in [1.807, 2.05) is 18.2 Å². The minimum absolute atomic E-state index is 0.568. The van der Waals surface area contributed by atoms with E-state index in [4.69, 9.17) is 30.5 Å². The Balaban J connectivity index is 1.36. The molecule has 3 rings (SSSR count). The molecule has 0 radical (unpaired) electrons. The van der Waals surface area contributed by atoms with E-state index in [-0.39, 0.29) is 0 Å². The molecule has 1 fully saturated rings. The van der Waals surface area contributed by atoms with Crippen LogP contribution in [0.3, 0.4) is 0 Å². The van der Waals surface area contributed by atoms with E-state index in [0.29, 0.717) is 17.4 Å². The predicted molar refractivity (Wildman–Crippen MR) is 120 cm³/mol. The van der Waals surface area contributed by atoms with Gasteiger partial charge in [0.2, 0.25) is 0 Å². The smallest absolute Gasteiger partial charge is 0.160 e. The Morgan fingerprint density at radius 2 is 1.40 bits per heavy atom. The van der Waals surface area contributed by atoms with Gasteiger partial charge in [0.05, 0.1) is 26.4 Å². The molecule has 1 aliphatic rings. The third kappa shape index (κ3) is 6.17. The summed E-state index contributed by atoms with van der Waals surface area (Å²) in [4.78, 5) is 4.95. The van der Waals surface area contributed by atoms with Crippen LogP contribution in [0.2, 0.25) is 5.02 Å². The summed E-state index contributed by atoms with van der Waals surface area (Å²) in [5.41, 5.74) is 1.27. The van der Waals surface area contributed by atoms with E-state index < -0.39 is 0 Å². The third-order valence-corrected chi connectivity index (χ3v) is 5.72. The molecule has 0 bridgehead atoms. The zero-order valence-electron chi connectivity index (χ0n) is 18.0. The van der Waals surface area contributed by atoms with Crippen molar-refractivity contribution < 1.29 is 18.9 Å². The summed E-state index contributed by atoms with van der Waals surface area (Å²) in [7, 11) is 4.94. The summed E-state index contributed by atoms with van der Waals surface area (Å²) in [6.45, 7) is 6.85. The van der Waals surface area contributed by atoms with Crippen LogP contribution in [0, 0.1) is 0 Å². The summed E-state index contributed by atoms with van der Waals surface area (Å²) in [5.74, 6) is 2.99. The molecule has 30 heavy (non-hydrogen) atoms.